The molecule has 0 saturated carbocycles. The van der Waals surface area contributed by atoms with Crippen molar-refractivity contribution in [2.75, 3.05) is 0 Å². The molecule has 0 aliphatic carbocycles. The average Bonchev–Trinajstić information content (AvgIpc) is 2.43. The first-order valence-corrected chi connectivity index (χ1v) is 4.84. The van der Waals surface area contributed by atoms with Gasteiger partial charge in [0.25, 0.3) is 0 Å². The predicted molar refractivity (Wildman–Crippen MR) is 72.9 cm³/mol. The molecule has 88 valence electrons. The monoisotopic (exact) mass is 333 g/mol. The fourth-order valence-electron chi connectivity index (χ4n) is 1.91. The number of hydrogen-bond acceptors (Lipinski definition) is 0. The predicted octanol–water partition coefficient (Wildman–Crippen LogP) is 4.83. The molecule has 0 atom stereocenters. The number of rotatable bonds is 1. The Morgan fingerprint density at radius 3 is 2.31 bits per heavy atom. The Morgan fingerprint density at radius 2 is 1.75 bits per heavy atom. The normalized spacial score (nSPS) is 9.25. The Kier molecular flexibility index (Phi) is 8.84. The molecule has 0 spiro atoms. The molecule has 0 fully saturated rings. The van der Waals surface area contributed by atoms with Gasteiger partial charge in [0.05, 0.1) is 0 Å². The van der Waals surface area contributed by atoms with Crippen LogP contribution in [0.5, 0.6) is 0 Å². The van der Waals surface area contributed by atoms with E-state index in [-0.39, 0.29) is 51.0 Å². The number of aryl methyl sites for hydroxylation is 1. The van der Waals surface area contributed by atoms with Gasteiger partial charge >= 0.3 is 0 Å². The van der Waals surface area contributed by atoms with Gasteiger partial charge in [0.15, 0.2) is 0 Å². The van der Waals surface area contributed by atoms with Crippen LogP contribution in [0.25, 0.3) is 10.8 Å². The smallest absolute Gasteiger partial charge is 0 e. The third-order valence-electron chi connectivity index (χ3n) is 2.55. The minimum absolute atomic E-state index is 0. The number of hydrogen-bond donors (Lipinski definition) is 0. The minimum atomic E-state index is 0. The fraction of sp³-hybridized carbons (Fsp3) is 0.308. The van der Waals surface area contributed by atoms with Gasteiger partial charge in [-0.1, -0.05) is 32.4 Å². The van der Waals surface area contributed by atoms with Gasteiger partial charge in [-0.25, -0.2) is 0 Å². The second-order valence-electron chi connectivity index (χ2n) is 4.04. The van der Waals surface area contributed by atoms with Gasteiger partial charge in [-0.2, -0.15) is 6.07 Å². The summed E-state index contributed by atoms with van der Waals surface area (Å²) in [6, 6.07) is 11.1. The van der Waals surface area contributed by atoms with Crippen LogP contribution in [0.3, 0.4) is 0 Å². The van der Waals surface area contributed by atoms with Crippen LogP contribution in [0.2, 0.25) is 0 Å². The molecule has 3 heteroatoms. The second kappa shape index (κ2) is 7.59. The molecule has 0 aromatic heterocycles. The summed E-state index contributed by atoms with van der Waals surface area (Å²) in [6.45, 7) is 6.65. The largest absolute Gasteiger partial charge is 0.165 e. The first kappa shape index (κ1) is 18.7. The van der Waals surface area contributed by atoms with E-state index in [9.17, 15) is 0 Å². The number of fused-ring (bicyclic) bond motifs is 1. The number of halogens is 2. The van der Waals surface area contributed by atoms with Gasteiger partial charge in [-0.3, -0.25) is 0 Å². The standard InChI is InChI=1S/C13H15.2ClH.Zr/c1-9(2)12-6-4-5-11-7-10(3)8-13(11)12;;;/h4-9H,1-3H3;2*1H;/q-1;;;. The van der Waals surface area contributed by atoms with Crippen molar-refractivity contribution in [2.45, 2.75) is 26.7 Å². The zero-order valence-electron chi connectivity index (χ0n) is 9.78. The van der Waals surface area contributed by atoms with Gasteiger partial charge in [0.2, 0.25) is 0 Å². The van der Waals surface area contributed by atoms with E-state index in [1.54, 1.807) is 0 Å². The van der Waals surface area contributed by atoms with E-state index in [1.807, 2.05) is 0 Å². The molecule has 2 aromatic rings. The first-order chi connectivity index (χ1) is 6.18. The van der Waals surface area contributed by atoms with Crippen molar-refractivity contribution in [3.05, 3.63) is 41.5 Å². The Morgan fingerprint density at radius 1 is 1.12 bits per heavy atom. The van der Waals surface area contributed by atoms with Crippen molar-refractivity contribution in [3.63, 3.8) is 0 Å². The van der Waals surface area contributed by atoms with Gasteiger partial charge in [0.1, 0.15) is 0 Å². The molecular formula is C13H17Cl2Zr-. The third-order valence-corrected chi connectivity index (χ3v) is 2.55. The zero-order valence-corrected chi connectivity index (χ0v) is 13.9. The van der Waals surface area contributed by atoms with E-state index in [0.29, 0.717) is 5.92 Å². The SMILES string of the molecule is Cc1cc2c(C(C)C)cccc2[cH-]1.Cl.Cl.[Zr]. The zero-order chi connectivity index (χ0) is 9.42. The minimum Gasteiger partial charge on any atom is -0.165 e. The molecule has 2 rings (SSSR count). The molecule has 0 heterocycles. The van der Waals surface area contributed by atoms with E-state index < -0.39 is 0 Å². The maximum Gasteiger partial charge on any atom is 0 e. The van der Waals surface area contributed by atoms with Crippen molar-refractivity contribution in [1.82, 2.24) is 0 Å². The molecule has 2 aromatic carbocycles. The molecule has 16 heavy (non-hydrogen) atoms. The molecule has 0 saturated heterocycles. The third kappa shape index (κ3) is 3.65. The Labute approximate surface area is 129 Å². The van der Waals surface area contributed by atoms with Gasteiger partial charge < -0.3 is 0 Å². The summed E-state index contributed by atoms with van der Waals surface area (Å²) in [5.74, 6) is 0.616. The van der Waals surface area contributed by atoms with Crippen molar-refractivity contribution in [3.8, 4) is 0 Å². The van der Waals surface area contributed by atoms with Crippen LogP contribution in [-0.4, -0.2) is 0 Å². The summed E-state index contributed by atoms with van der Waals surface area (Å²) in [4.78, 5) is 0. The fourth-order valence-corrected chi connectivity index (χ4v) is 1.91. The van der Waals surface area contributed by atoms with Crippen LogP contribution >= 0.6 is 24.8 Å². The molecule has 0 unspecified atom stereocenters. The van der Waals surface area contributed by atoms with Crippen molar-refractivity contribution in [2.24, 2.45) is 0 Å². The van der Waals surface area contributed by atoms with E-state index >= 15 is 0 Å². The van der Waals surface area contributed by atoms with E-state index in [4.69, 9.17) is 0 Å². The summed E-state index contributed by atoms with van der Waals surface area (Å²) in [5, 5.41) is 2.80. The molecule has 0 aliphatic heterocycles. The van der Waals surface area contributed by atoms with Crippen molar-refractivity contribution in [1.29, 1.82) is 0 Å². The second-order valence-corrected chi connectivity index (χ2v) is 4.04. The maximum atomic E-state index is 2.28. The van der Waals surface area contributed by atoms with E-state index in [0.717, 1.165) is 0 Å². The summed E-state index contributed by atoms with van der Waals surface area (Å²) < 4.78 is 0. The molecule has 0 amide bonds. The summed E-state index contributed by atoms with van der Waals surface area (Å²) in [7, 11) is 0. The van der Waals surface area contributed by atoms with Crippen LogP contribution in [-0.2, 0) is 26.2 Å². The van der Waals surface area contributed by atoms with Crippen LogP contribution < -0.4 is 0 Å². The van der Waals surface area contributed by atoms with E-state index in [2.05, 4.69) is 51.1 Å². The Bertz CT molecular complexity index is 432. The molecular weight excluding hydrogens is 318 g/mol. The maximum absolute atomic E-state index is 2.28. The molecule has 0 nitrogen and oxygen atoms in total. The number of benzene rings is 1. The topological polar surface area (TPSA) is 0 Å². The molecule has 0 radical (unpaired) electrons. The average molecular weight is 335 g/mol. The van der Waals surface area contributed by atoms with Gasteiger partial charge in [0, 0.05) is 26.2 Å². The molecule has 0 aliphatic rings. The molecule has 0 N–H and O–H groups in total. The van der Waals surface area contributed by atoms with Gasteiger partial charge in [-0.05, 0) is 5.92 Å². The summed E-state index contributed by atoms with van der Waals surface area (Å²) in [6.07, 6.45) is 0. The van der Waals surface area contributed by atoms with Crippen molar-refractivity contribution < 1.29 is 26.2 Å². The van der Waals surface area contributed by atoms with Gasteiger partial charge in [-0.15, -0.1) is 59.3 Å². The Hall–Kier alpha value is 0.293. The molecule has 0 bridgehead atoms. The van der Waals surface area contributed by atoms with Crippen LogP contribution in [0.4, 0.5) is 0 Å². The van der Waals surface area contributed by atoms with Crippen LogP contribution in [0.15, 0.2) is 30.3 Å². The summed E-state index contributed by atoms with van der Waals surface area (Å²) >= 11 is 0. The van der Waals surface area contributed by atoms with Crippen molar-refractivity contribution >= 4 is 35.6 Å². The van der Waals surface area contributed by atoms with Crippen LogP contribution in [0, 0.1) is 6.92 Å². The quantitative estimate of drug-likeness (QED) is 0.655. The Balaban J connectivity index is 0. The summed E-state index contributed by atoms with van der Waals surface area (Å²) in [5.41, 5.74) is 2.83. The first-order valence-electron chi connectivity index (χ1n) is 4.84. The van der Waals surface area contributed by atoms with Crippen LogP contribution in [0.1, 0.15) is 30.9 Å². The van der Waals surface area contributed by atoms with E-state index in [1.165, 1.54) is 21.9 Å².